The zero-order chi connectivity index (χ0) is 17.0. The summed E-state index contributed by atoms with van der Waals surface area (Å²) in [4.78, 5) is 11.1. The Kier molecular flexibility index (Phi) is 3.63. The lowest BCUT2D eigenvalue weighted by atomic mass is 10.1. The van der Waals surface area contributed by atoms with Gasteiger partial charge in [0.15, 0.2) is 0 Å². The van der Waals surface area contributed by atoms with Gasteiger partial charge in [-0.15, -0.1) is 17.5 Å². The van der Waals surface area contributed by atoms with Crippen molar-refractivity contribution in [1.82, 2.24) is 15.0 Å². The van der Waals surface area contributed by atoms with Crippen LogP contribution in [0.15, 0.2) is 65.1 Å². The van der Waals surface area contributed by atoms with Gasteiger partial charge in [0, 0.05) is 16.8 Å². The predicted molar refractivity (Wildman–Crippen MR) is 100 cm³/mol. The van der Waals surface area contributed by atoms with Gasteiger partial charge in [-0.3, -0.25) is 0 Å². The van der Waals surface area contributed by atoms with Crippen molar-refractivity contribution in [2.45, 2.75) is 0 Å². The fraction of sp³-hybridized carbons (Fsp3) is 0. The number of fused-ring (bicyclic) bond motifs is 4. The fourth-order valence-electron chi connectivity index (χ4n) is 3.12. The highest BCUT2D eigenvalue weighted by Gasteiger charge is 2.14. The topological polar surface area (TPSA) is 81.1 Å². The summed E-state index contributed by atoms with van der Waals surface area (Å²) in [6.07, 6.45) is 0. The van der Waals surface area contributed by atoms with E-state index >= 15 is 0 Å². The number of carbonyl (C=O) groups is 1. The molecule has 0 amide bonds. The summed E-state index contributed by atoms with van der Waals surface area (Å²) in [5.74, 6) is -1.17. The van der Waals surface area contributed by atoms with Gasteiger partial charge in [0.2, 0.25) is 5.76 Å². The molecule has 2 heterocycles. The van der Waals surface area contributed by atoms with E-state index in [-0.39, 0.29) is 18.2 Å². The van der Waals surface area contributed by atoms with Gasteiger partial charge in [-0.2, -0.15) is 0 Å². The van der Waals surface area contributed by atoms with E-state index in [0.29, 0.717) is 5.58 Å². The summed E-state index contributed by atoms with van der Waals surface area (Å²) in [7, 11) is 0. The maximum atomic E-state index is 11.1. The van der Waals surface area contributed by atoms with Crippen molar-refractivity contribution in [1.29, 1.82) is 0 Å². The van der Waals surface area contributed by atoms with Crippen LogP contribution in [0.3, 0.4) is 0 Å². The SMILES string of the molecule is Cl.O=C(O)c1cc2ccc(-n3nnc4ccc5ccccc5c43)cc2o1. The first-order valence-corrected chi connectivity index (χ1v) is 7.71. The summed E-state index contributed by atoms with van der Waals surface area (Å²) in [5, 5.41) is 20.5. The Morgan fingerprint density at radius 3 is 2.65 bits per heavy atom. The van der Waals surface area contributed by atoms with Gasteiger partial charge in [0.05, 0.1) is 5.69 Å². The number of furan rings is 1. The maximum Gasteiger partial charge on any atom is 0.371 e. The molecule has 0 atom stereocenters. The molecule has 0 saturated heterocycles. The first-order valence-electron chi connectivity index (χ1n) is 7.71. The molecule has 0 saturated carbocycles. The molecule has 5 aromatic rings. The van der Waals surface area contributed by atoms with E-state index in [1.54, 1.807) is 10.7 Å². The van der Waals surface area contributed by atoms with Crippen LogP contribution in [0.2, 0.25) is 0 Å². The molecule has 0 fully saturated rings. The molecule has 26 heavy (non-hydrogen) atoms. The summed E-state index contributed by atoms with van der Waals surface area (Å²) in [6.45, 7) is 0. The number of aromatic nitrogens is 3. The minimum atomic E-state index is -1.09. The van der Waals surface area contributed by atoms with E-state index < -0.39 is 5.97 Å². The Hall–Kier alpha value is -3.38. The Bertz CT molecular complexity index is 1290. The standard InChI is InChI=1S/C19H11N3O3.ClH/c23-19(24)17-9-12-5-7-13(10-16(12)25-17)22-18-14-4-2-1-3-11(14)6-8-15(18)20-21-22;/h1-10H,(H,23,24);1H. The first-order chi connectivity index (χ1) is 12.2. The van der Waals surface area contributed by atoms with E-state index in [2.05, 4.69) is 10.3 Å². The quantitative estimate of drug-likeness (QED) is 0.500. The van der Waals surface area contributed by atoms with Crippen LogP contribution in [-0.2, 0) is 0 Å². The lowest BCUT2D eigenvalue weighted by molar-refractivity contribution is 0.0665. The van der Waals surface area contributed by atoms with Crippen LogP contribution in [0.5, 0.6) is 0 Å². The van der Waals surface area contributed by atoms with Gasteiger partial charge in [-0.1, -0.05) is 35.5 Å². The van der Waals surface area contributed by atoms with E-state index in [9.17, 15) is 4.79 Å². The molecule has 1 N–H and O–H groups in total. The second-order valence-electron chi connectivity index (χ2n) is 5.79. The number of halogens is 1. The van der Waals surface area contributed by atoms with Crippen LogP contribution < -0.4 is 0 Å². The number of carboxylic acid groups (broad SMARTS) is 1. The van der Waals surface area contributed by atoms with Gasteiger partial charge in [0.1, 0.15) is 16.6 Å². The minimum Gasteiger partial charge on any atom is -0.475 e. The molecule has 3 aromatic carbocycles. The van der Waals surface area contributed by atoms with Crippen LogP contribution in [0, 0.1) is 0 Å². The number of benzene rings is 3. The van der Waals surface area contributed by atoms with Gasteiger partial charge < -0.3 is 9.52 Å². The molecule has 128 valence electrons. The van der Waals surface area contributed by atoms with E-state index in [1.807, 2.05) is 48.5 Å². The lowest BCUT2D eigenvalue weighted by Crippen LogP contribution is -1.96. The summed E-state index contributed by atoms with van der Waals surface area (Å²) in [6, 6.07) is 19.0. The Labute approximate surface area is 153 Å². The molecule has 2 aromatic heterocycles. The molecule has 5 rings (SSSR count). The maximum absolute atomic E-state index is 11.1. The van der Waals surface area contributed by atoms with Crippen molar-refractivity contribution in [3.8, 4) is 5.69 Å². The monoisotopic (exact) mass is 365 g/mol. The van der Waals surface area contributed by atoms with Crippen molar-refractivity contribution in [2.75, 3.05) is 0 Å². The molecule has 7 heteroatoms. The summed E-state index contributed by atoms with van der Waals surface area (Å²) < 4.78 is 7.16. The average molecular weight is 366 g/mol. The van der Waals surface area contributed by atoms with Gasteiger partial charge in [0.25, 0.3) is 0 Å². The van der Waals surface area contributed by atoms with E-state index in [0.717, 1.165) is 32.9 Å². The van der Waals surface area contributed by atoms with Gasteiger partial charge in [-0.25, -0.2) is 9.48 Å². The van der Waals surface area contributed by atoms with Crippen molar-refractivity contribution in [3.05, 3.63) is 66.4 Å². The number of hydrogen-bond acceptors (Lipinski definition) is 4. The highest BCUT2D eigenvalue weighted by molar-refractivity contribution is 6.04. The number of rotatable bonds is 2. The fourth-order valence-corrected chi connectivity index (χ4v) is 3.12. The molecular formula is C19H12ClN3O3. The lowest BCUT2D eigenvalue weighted by Gasteiger charge is -2.05. The number of hydrogen-bond donors (Lipinski definition) is 1. The third kappa shape index (κ3) is 2.31. The Morgan fingerprint density at radius 2 is 1.81 bits per heavy atom. The Morgan fingerprint density at radius 1 is 1.00 bits per heavy atom. The smallest absolute Gasteiger partial charge is 0.371 e. The van der Waals surface area contributed by atoms with Crippen LogP contribution in [0.1, 0.15) is 10.6 Å². The molecule has 0 spiro atoms. The number of aromatic carboxylic acids is 1. The minimum absolute atomic E-state index is 0. The highest BCUT2D eigenvalue weighted by atomic mass is 35.5. The van der Waals surface area contributed by atoms with Crippen LogP contribution in [0.25, 0.3) is 38.5 Å². The predicted octanol–water partition coefficient (Wildman–Crippen LogP) is 4.44. The second kappa shape index (κ2) is 5.86. The zero-order valence-electron chi connectivity index (χ0n) is 13.3. The molecule has 6 nitrogen and oxygen atoms in total. The molecular weight excluding hydrogens is 354 g/mol. The largest absolute Gasteiger partial charge is 0.475 e. The molecule has 0 unspecified atom stereocenters. The molecule has 0 aliphatic heterocycles. The van der Waals surface area contributed by atoms with Gasteiger partial charge >= 0.3 is 5.97 Å². The van der Waals surface area contributed by atoms with Crippen molar-refractivity contribution in [2.24, 2.45) is 0 Å². The molecule has 0 radical (unpaired) electrons. The van der Waals surface area contributed by atoms with Crippen LogP contribution in [-0.4, -0.2) is 26.1 Å². The summed E-state index contributed by atoms with van der Waals surface area (Å²) >= 11 is 0. The third-order valence-electron chi connectivity index (χ3n) is 4.29. The zero-order valence-corrected chi connectivity index (χ0v) is 14.1. The number of carboxylic acids is 1. The van der Waals surface area contributed by atoms with E-state index in [4.69, 9.17) is 9.52 Å². The normalized spacial score (nSPS) is 11.1. The van der Waals surface area contributed by atoms with Gasteiger partial charge in [-0.05, 0) is 29.7 Å². The molecule has 0 aliphatic carbocycles. The van der Waals surface area contributed by atoms with Crippen LogP contribution >= 0.6 is 12.4 Å². The van der Waals surface area contributed by atoms with E-state index in [1.165, 1.54) is 6.07 Å². The summed E-state index contributed by atoms with van der Waals surface area (Å²) in [5.41, 5.74) is 2.96. The Balaban J connectivity index is 0.00000168. The number of nitrogens with zero attached hydrogens (tertiary/aromatic N) is 3. The van der Waals surface area contributed by atoms with Crippen molar-refractivity contribution in [3.63, 3.8) is 0 Å². The van der Waals surface area contributed by atoms with Crippen molar-refractivity contribution >= 4 is 51.2 Å². The third-order valence-corrected chi connectivity index (χ3v) is 4.29. The first kappa shape index (κ1) is 16.1. The highest BCUT2D eigenvalue weighted by Crippen LogP contribution is 2.28. The molecule has 0 bridgehead atoms. The van der Waals surface area contributed by atoms with Crippen molar-refractivity contribution < 1.29 is 14.3 Å². The van der Waals surface area contributed by atoms with Crippen LogP contribution in [0.4, 0.5) is 0 Å². The second-order valence-corrected chi connectivity index (χ2v) is 5.79. The average Bonchev–Trinajstić information content (AvgIpc) is 3.25. The molecule has 0 aliphatic rings.